The summed E-state index contributed by atoms with van der Waals surface area (Å²) in [6.45, 7) is 0.523. The van der Waals surface area contributed by atoms with Crippen LogP contribution in [0.2, 0.25) is 0 Å². The van der Waals surface area contributed by atoms with E-state index in [4.69, 9.17) is 9.88 Å². The highest BCUT2D eigenvalue weighted by Gasteiger charge is 2.32. The Labute approximate surface area is 110 Å². The highest BCUT2D eigenvalue weighted by Crippen LogP contribution is 2.26. The first-order valence-electron chi connectivity index (χ1n) is 5.53. The largest absolute Gasteiger partial charge is 0.479 e. The molecule has 8 heteroatoms. The van der Waals surface area contributed by atoms with E-state index in [9.17, 15) is 17.6 Å². The third-order valence-corrected chi connectivity index (χ3v) is 3.79. The lowest BCUT2D eigenvalue weighted by atomic mass is 10.3. The molecule has 1 aliphatic rings. The van der Waals surface area contributed by atoms with Crippen molar-refractivity contribution in [3.63, 3.8) is 0 Å². The molecule has 0 aromatic heterocycles. The molecule has 2 N–H and O–H groups in total. The van der Waals surface area contributed by atoms with Crippen LogP contribution in [0, 0.1) is 5.82 Å². The van der Waals surface area contributed by atoms with Crippen LogP contribution in [-0.4, -0.2) is 38.9 Å². The van der Waals surface area contributed by atoms with Crippen molar-refractivity contribution in [3.8, 4) is 5.75 Å². The molecule has 2 rings (SSSR count). The van der Waals surface area contributed by atoms with Gasteiger partial charge < -0.3 is 9.64 Å². The number of primary sulfonamides is 1. The summed E-state index contributed by atoms with van der Waals surface area (Å²) < 4.78 is 41.2. The zero-order valence-electron chi connectivity index (χ0n) is 10.2. The van der Waals surface area contributed by atoms with Crippen LogP contribution in [0.1, 0.15) is 6.42 Å². The Bertz CT molecular complexity index is 617. The SMILES string of the molecule is CN1CCC(Oc2ccc(F)cc2S(N)(=O)=O)C1=O. The fraction of sp³-hybridized carbons (Fsp3) is 0.364. The van der Waals surface area contributed by atoms with Crippen molar-refractivity contribution in [2.24, 2.45) is 5.14 Å². The van der Waals surface area contributed by atoms with Gasteiger partial charge in [0.2, 0.25) is 10.0 Å². The monoisotopic (exact) mass is 288 g/mol. The lowest BCUT2D eigenvalue weighted by molar-refractivity contribution is -0.132. The average molecular weight is 288 g/mol. The maximum atomic E-state index is 13.1. The summed E-state index contributed by atoms with van der Waals surface area (Å²) in [6, 6.07) is 2.97. The second-order valence-electron chi connectivity index (χ2n) is 4.29. The molecule has 0 saturated carbocycles. The van der Waals surface area contributed by atoms with Gasteiger partial charge in [-0.1, -0.05) is 0 Å². The van der Waals surface area contributed by atoms with Gasteiger partial charge in [-0.05, 0) is 18.2 Å². The molecular formula is C11H13FN2O4S. The molecule has 104 valence electrons. The van der Waals surface area contributed by atoms with Gasteiger partial charge >= 0.3 is 0 Å². The minimum atomic E-state index is -4.12. The van der Waals surface area contributed by atoms with Crippen LogP contribution in [0.5, 0.6) is 5.75 Å². The highest BCUT2D eigenvalue weighted by atomic mass is 32.2. The van der Waals surface area contributed by atoms with Gasteiger partial charge in [0.15, 0.2) is 6.10 Å². The van der Waals surface area contributed by atoms with Gasteiger partial charge in [-0.15, -0.1) is 0 Å². The van der Waals surface area contributed by atoms with Gasteiger partial charge in [0.05, 0.1) is 0 Å². The molecule has 1 aromatic rings. The Morgan fingerprint density at radius 3 is 2.68 bits per heavy atom. The number of nitrogens with zero attached hydrogens (tertiary/aromatic N) is 1. The molecule has 0 radical (unpaired) electrons. The van der Waals surface area contributed by atoms with Gasteiger partial charge in [-0.2, -0.15) is 0 Å². The van der Waals surface area contributed by atoms with Crippen molar-refractivity contribution in [3.05, 3.63) is 24.0 Å². The van der Waals surface area contributed by atoms with Crippen LogP contribution in [0.4, 0.5) is 4.39 Å². The minimum absolute atomic E-state index is 0.113. The van der Waals surface area contributed by atoms with E-state index in [0.29, 0.717) is 13.0 Å². The Morgan fingerprint density at radius 2 is 2.16 bits per heavy atom. The van der Waals surface area contributed by atoms with E-state index >= 15 is 0 Å². The number of rotatable bonds is 3. The lowest BCUT2D eigenvalue weighted by Crippen LogP contribution is -2.30. The minimum Gasteiger partial charge on any atom is -0.479 e. The van der Waals surface area contributed by atoms with Crippen LogP contribution in [0.3, 0.4) is 0 Å². The van der Waals surface area contributed by atoms with Crippen LogP contribution < -0.4 is 9.88 Å². The number of nitrogens with two attached hydrogens (primary N) is 1. The second kappa shape index (κ2) is 4.78. The number of likely N-dealkylation sites (tertiary alicyclic amines) is 1. The quantitative estimate of drug-likeness (QED) is 0.853. The molecule has 6 nitrogen and oxygen atoms in total. The van der Waals surface area contributed by atoms with Gasteiger partial charge in [-0.3, -0.25) is 4.79 Å². The zero-order chi connectivity index (χ0) is 14.2. The van der Waals surface area contributed by atoms with E-state index in [1.807, 2.05) is 0 Å². The molecule has 1 aliphatic heterocycles. The van der Waals surface area contributed by atoms with Crippen LogP contribution in [0.25, 0.3) is 0 Å². The molecule has 0 bridgehead atoms. The summed E-state index contributed by atoms with van der Waals surface area (Å²) in [5.74, 6) is -1.10. The molecule has 1 unspecified atom stereocenters. The van der Waals surface area contributed by atoms with E-state index in [1.54, 1.807) is 7.05 Å². The molecule has 0 spiro atoms. The van der Waals surface area contributed by atoms with Gasteiger partial charge in [-0.25, -0.2) is 17.9 Å². The molecule has 1 amide bonds. The van der Waals surface area contributed by atoms with Crippen molar-refractivity contribution in [2.75, 3.05) is 13.6 Å². The van der Waals surface area contributed by atoms with Crippen LogP contribution in [0.15, 0.2) is 23.1 Å². The van der Waals surface area contributed by atoms with Crippen molar-refractivity contribution in [1.82, 2.24) is 4.90 Å². The molecule has 19 heavy (non-hydrogen) atoms. The summed E-state index contributed by atoms with van der Waals surface area (Å²) in [5, 5.41) is 4.99. The topological polar surface area (TPSA) is 89.7 Å². The molecule has 0 aliphatic carbocycles. The first-order chi connectivity index (χ1) is 8.79. The Morgan fingerprint density at radius 1 is 1.47 bits per heavy atom. The third kappa shape index (κ3) is 2.85. The first kappa shape index (κ1) is 13.8. The van der Waals surface area contributed by atoms with Crippen molar-refractivity contribution >= 4 is 15.9 Å². The fourth-order valence-corrected chi connectivity index (χ4v) is 2.53. The zero-order valence-corrected chi connectivity index (χ0v) is 11.0. The van der Waals surface area contributed by atoms with Crippen molar-refractivity contribution in [2.45, 2.75) is 17.4 Å². The third-order valence-electron chi connectivity index (χ3n) is 2.86. The lowest BCUT2D eigenvalue weighted by Gasteiger charge is -2.15. The molecule has 1 aromatic carbocycles. The summed E-state index contributed by atoms with van der Waals surface area (Å²) in [7, 11) is -2.50. The molecule has 1 saturated heterocycles. The van der Waals surface area contributed by atoms with E-state index in [0.717, 1.165) is 18.2 Å². The standard InChI is InChI=1S/C11H13FN2O4S/c1-14-5-4-9(11(14)15)18-8-3-2-7(12)6-10(8)19(13,16)17/h2-3,6,9H,4-5H2,1H3,(H2,13,16,17). The number of carbonyl (C=O) groups is 1. The summed E-state index contributed by atoms with van der Waals surface area (Å²) in [5.41, 5.74) is 0. The highest BCUT2D eigenvalue weighted by molar-refractivity contribution is 7.89. The number of hydrogen-bond acceptors (Lipinski definition) is 4. The molecule has 1 fully saturated rings. The fourth-order valence-electron chi connectivity index (χ4n) is 1.85. The normalized spacial score (nSPS) is 19.8. The van der Waals surface area contributed by atoms with E-state index < -0.39 is 26.8 Å². The first-order valence-corrected chi connectivity index (χ1v) is 7.07. The van der Waals surface area contributed by atoms with Crippen molar-refractivity contribution in [1.29, 1.82) is 0 Å². The molecular weight excluding hydrogens is 275 g/mol. The van der Waals surface area contributed by atoms with Crippen LogP contribution >= 0.6 is 0 Å². The van der Waals surface area contributed by atoms with Gasteiger partial charge in [0.25, 0.3) is 5.91 Å². The summed E-state index contributed by atoms with van der Waals surface area (Å²) in [6.07, 6.45) is -0.326. The van der Waals surface area contributed by atoms with Crippen molar-refractivity contribution < 1.29 is 22.3 Å². The smallest absolute Gasteiger partial charge is 0.263 e. The van der Waals surface area contributed by atoms with Gasteiger partial charge in [0, 0.05) is 20.0 Å². The average Bonchev–Trinajstić information content (AvgIpc) is 2.62. The maximum absolute atomic E-state index is 13.1. The summed E-state index contributed by atoms with van der Waals surface area (Å²) in [4.78, 5) is 12.7. The number of hydrogen-bond donors (Lipinski definition) is 1. The second-order valence-corrected chi connectivity index (χ2v) is 5.82. The van der Waals surface area contributed by atoms with Gasteiger partial charge in [0.1, 0.15) is 16.5 Å². The number of sulfonamides is 1. The number of ether oxygens (including phenoxy) is 1. The number of benzene rings is 1. The number of amides is 1. The Balaban J connectivity index is 2.33. The van der Waals surface area contributed by atoms with E-state index in [-0.39, 0.29) is 11.7 Å². The predicted octanol–water partition coefficient (Wildman–Crippen LogP) is 0.0826. The molecule has 1 atom stereocenters. The van der Waals surface area contributed by atoms with E-state index in [1.165, 1.54) is 4.90 Å². The van der Waals surface area contributed by atoms with Crippen LogP contribution in [-0.2, 0) is 14.8 Å². The van der Waals surface area contributed by atoms with E-state index in [2.05, 4.69) is 0 Å². The summed E-state index contributed by atoms with van der Waals surface area (Å²) >= 11 is 0. The predicted molar refractivity (Wildman–Crippen MR) is 64.4 cm³/mol. The number of halogens is 1. The Hall–Kier alpha value is -1.67. The molecule has 1 heterocycles. The number of carbonyl (C=O) groups excluding carboxylic acids is 1. The Kier molecular flexibility index (Phi) is 3.46. The number of likely N-dealkylation sites (N-methyl/N-ethyl adjacent to an activating group) is 1. The maximum Gasteiger partial charge on any atom is 0.263 e.